The molecule has 6 heteroatoms. The van der Waals surface area contributed by atoms with Crippen LogP contribution in [0.5, 0.6) is 0 Å². The van der Waals surface area contributed by atoms with Crippen molar-refractivity contribution in [1.82, 2.24) is 14.5 Å². The van der Waals surface area contributed by atoms with Gasteiger partial charge in [-0.3, -0.25) is 4.79 Å². The fourth-order valence-corrected chi connectivity index (χ4v) is 3.77. The minimum absolute atomic E-state index is 0.279. The molecule has 4 rings (SSSR count). The lowest BCUT2D eigenvalue weighted by molar-refractivity contribution is -0.127. The molecule has 1 fully saturated rings. The zero-order valence-electron chi connectivity index (χ0n) is 16.6. The van der Waals surface area contributed by atoms with Crippen molar-refractivity contribution in [2.45, 2.75) is 52.1 Å². The van der Waals surface area contributed by atoms with Gasteiger partial charge in [0.2, 0.25) is 0 Å². The molecular formula is C22H25N3O3. The van der Waals surface area contributed by atoms with Gasteiger partial charge in [0.25, 0.3) is 5.91 Å². The van der Waals surface area contributed by atoms with Crippen LogP contribution in [0.4, 0.5) is 4.79 Å². The van der Waals surface area contributed by atoms with Gasteiger partial charge < -0.3 is 9.30 Å². The van der Waals surface area contributed by atoms with Crippen LogP contribution in [0.1, 0.15) is 50.6 Å². The molecule has 1 aromatic heterocycles. The first kappa shape index (κ1) is 18.5. The average Bonchev–Trinajstić information content (AvgIpc) is 3.05. The maximum atomic E-state index is 12.9. The zero-order valence-corrected chi connectivity index (χ0v) is 16.6. The molecule has 2 aromatic rings. The van der Waals surface area contributed by atoms with Crippen LogP contribution in [-0.2, 0) is 22.4 Å². The highest BCUT2D eigenvalue weighted by molar-refractivity contribution is 6.05. The van der Waals surface area contributed by atoms with Crippen molar-refractivity contribution in [2.24, 2.45) is 0 Å². The molecule has 1 saturated heterocycles. The lowest BCUT2D eigenvalue weighted by atomic mass is 9.98. The van der Waals surface area contributed by atoms with Crippen molar-refractivity contribution in [3.63, 3.8) is 0 Å². The Hall–Kier alpha value is -2.89. The van der Waals surface area contributed by atoms with Gasteiger partial charge in [-0.05, 0) is 64.2 Å². The van der Waals surface area contributed by atoms with Crippen LogP contribution in [0, 0.1) is 0 Å². The van der Waals surface area contributed by atoms with Gasteiger partial charge in [0.15, 0.2) is 0 Å². The number of benzene rings is 1. The van der Waals surface area contributed by atoms with Crippen LogP contribution in [0.3, 0.4) is 0 Å². The predicted molar refractivity (Wildman–Crippen MR) is 106 cm³/mol. The minimum atomic E-state index is -0.630. The van der Waals surface area contributed by atoms with Crippen molar-refractivity contribution in [3.8, 4) is 5.69 Å². The van der Waals surface area contributed by atoms with Crippen molar-refractivity contribution in [3.05, 3.63) is 53.1 Å². The average molecular weight is 379 g/mol. The molecule has 2 aliphatic rings. The number of nitrogens with zero attached hydrogens (tertiary/aromatic N) is 3. The van der Waals surface area contributed by atoms with Gasteiger partial charge >= 0.3 is 6.09 Å². The van der Waals surface area contributed by atoms with E-state index < -0.39 is 11.7 Å². The molecular weight excluding hydrogens is 354 g/mol. The van der Waals surface area contributed by atoms with Gasteiger partial charge in [0.1, 0.15) is 11.9 Å². The Morgan fingerprint density at radius 1 is 1.18 bits per heavy atom. The number of carbonyl (C=O) groups excluding carboxylic acids is 2. The van der Waals surface area contributed by atoms with Crippen LogP contribution in [0.25, 0.3) is 11.8 Å². The number of piperidine rings is 1. The number of aromatic nitrogens is 2. The molecule has 6 nitrogen and oxygen atoms in total. The normalized spacial score (nSPS) is 18.0. The highest BCUT2D eigenvalue weighted by Gasteiger charge is 2.32. The van der Waals surface area contributed by atoms with Gasteiger partial charge in [-0.1, -0.05) is 18.2 Å². The van der Waals surface area contributed by atoms with E-state index in [2.05, 4.69) is 27.8 Å². The second-order valence-electron chi connectivity index (χ2n) is 8.29. The summed E-state index contributed by atoms with van der Waals surface area (Å²) in [6.07, 6.45) is 6.29. The monoisotopic (exact) mass is 379 g/mol. The summed E-state index contributed by atoms with van der Waals surface area (Å²) in [6.45, 7) is 5.78. The van der Waals surface area contributed by atoms with E-state index in [1.165, 1.54) is 10.5 Å². The fourth-order valence-electron chi connectivity index (χ4n) is 3.77. The third-order valence-electron chi connectivity index (χ3n) is 5.05. The lowest BCUT2D eigenvalue weighted by Gasteiger charge is -2.29. The summed E-state index contributed by atoms with van der Waals surface area (Å²) in [5.41, 5.74) is 4.34. The maximum absolute atomic E-state index is 12.9. The summed E-state index contributed by atoms with van der Waals surface area (Å²) < 4.78 is 7.48. The van der Waals surface area contributed by atoms with Crippen LogP contribution in [0.2, 0.25) is 0 Å². The number of hydrogen-bond donors (Lipinski definition) is 0. The van der Waals surface area contributed by atoms with Crippen molar-refractivity contribution >= 4 is 18.1 Å². The summed E-state index contributed by atoms with van der Waals surface area (Å²) >= 11 is 0. The molecule has 146 valence electrons. The quantitative estimate of drug-likeness (QED) is 0.705. The number of para-hydroxylation sites is 1. The Balaban J connectivity index is 1.61. The molecule has 0 atom stereocenters. The molecule has 1 aromatic carbocycles. The Morgan fingerprint density at radius 3 is 2.75 bits per heavy atom. The second kappa shape index (κ2) is 6.93. The van der Waals surface area contributed by atoms with Crippen LogP contribution < -0.4 is 0 Å². The largest absolute Gasteiger partial charge is 0.443 e. The van der Waals surface area contributed by atoms with E-state index in [0.29, 0.717) is 18.5 Å². The molecule has 0 unspecified atom stereocenters. The zero-order chi connectivity index (χ0) is 19.9. The molecule has 3 heterocycles. The molecule has 28 heavy (non-hydrogen) atoms. The van der Waals surface area contributed by atoms with E-state index in [1.807, 2.05) is 18.5 Å². The highest BCUT2D eigenvalue weighted by atomic mass is 16.6. The van der Waals surface area contributed by atoms with E-state index in [1.54, 1.807) is 20.8 Å². The van der Waals surface area contributed by atoms with Crippen molar-refractivity contribution < 1.29 is 14.3 Å². The molecule has 0 bridgehead atoms. The standard InChI is InChI=1S/C22H25N3O3/c1-22(2,3)28-21(27)24-12-6-8-16(20(24)26)13-17-19-11-10-15-7-4-5-9-18(15)25(19)14-23-17/h4-5,7,9,13-14H,6,8,10-12H2,1-3H3. The predicted octanol–water partition coefficient (Wildman–Crippen LogP) is 3.91. The summed E-state index contributed by atoms with van der Waals surface area (Å²) in [7, 11) is 0. The molecule has 0 saturated carbocycles. The minimum Gasteiger partial charge on any atom is -0.443 e. The van der Waals surface area contributed by atoms with Crippen molar-refractivity contribution in [1.29, 1.82) is 0 Å². The third-order valence-corrected chi connectivity index (χ3v) is 5.05. The van der Waals surface area contributed by atoms with Crippen LogP contribution in [-0.4, -0.2) is 38.6 Å². The summed E-state index contributed by atoms with van der Waals surface area (Å²) in [6, 6.07) is 8.30. The molecule has 2 amide bonds. The number of likely N-dealkylation sites (tertiary alicyclic amines) is 1. The number of rotatable bonds is 1. The van der Waals surface area contributed by atoms with Crippen LogP contribution >= 0.6 is 0 Å². The Morgan fingerprint density at radius 2 is 1.96 bits per heavy atom. The van der Waals surface area contributed by atoms with Gasteiger partial charge in [0.05, 0.1) is 11.4 Å². The van der Waals surface area contributed by atoms with E-state index >= 15 is 0 Å². The molecule has 0 spiro atoms. The number of hydrogen-bond acceptors (Lipinski definition) is 4. The SMILES string of the molecule is CC(C)(C)OC(=O)N1CCCC(=Cc2ncn3c2CCc2ccccc2-3)C1=O. The van der Waals surface area contributed by atoms with Crippen molar-refractivity contribution in [2.75, 3.05) is 6.54 Å². The van der Waals surface area contributed by atoms with E-state index in [9.17, 15) is 9.59 Å². The molecule has 0 aliphatic carbocycles. The fraction of sp³-hybridized carbons (Fsp3) is 0.409. The number of fused-ring (bicyclic) bond motifs is 3. The Kier molecular flexibility index (Phi) is 4.57. The Bertz CT molecular complexity index is 966. The van der Waals surface area contributed by atoms with Gasteiger partial charge in [-0.15, -0.1) is 0 Å². The summed E-state index contributed by atoms with van der Waals surface area (Å²) in [5.74, 6) is -0.279. The number of aryl methyl sites for hydroxylation is 1. The van der Waals surface area contributed by atoms with E-state index in [-0.39, 0.29) is 5.91 Å². The Labute approximate surface area is 164 Å². The smallest absolute Gasteiger partial charge is 0.417 e. The van der Waals surface area contributed by atoms with Gasteiger partial charge in [-0.25, -0.2) is 14.7 Å². The number of amides is 2. The second-order valence-corrected chi connectivity index (χ2v) is 8.29. The maximum Gasteiger partial charge on any atom is 0.417 e. The number of ether oxygens (including phenoxy) is 1. The molecule has 0 N–H and O–H groups in total. The third kappa shape index (κ3) is 3.46. The summed E-state index contributed by atoms with van der Waals surface area (Å²) in [4.78, 5) is 31.0. The first-order valence-electron chi connectivity index (χ1n) is 9.73. The van der Waals surface area contributed by atoms with E-state index in [0.717, 1.165) is 36.3 Å². The lowest BCUT2D eigenvalue weighted by Crippen LogP contribution is -2.44. The van der Waals surface area contributed by atoms with Gasteiger partial charge in [-0.2, -0.15) is 0 Å². The first-order valence-corrected chi connectivity index (χ1v) is 9.73. The van der Waals surface area contributed by atoms with E-state index in [4.69, 9.17) is 4.74 Å². The summed E-state index contributed by atoms with van der Waals surface area (Å²) in [5, 5.41) is 0. The van der Waals surface area contributed by atoms with Gasteiger partial charge in [0, 0.05) is 17.8 Å². The number of imide groups is 1. The number of carbonyl (C=O) groups is 2. The first-order chi connectivity index (χ1) is 13.3. The number of imidazole rings is 1. The highest BCUT2D eigenvalue weighted by Crippen LogP contribution is 2.29. The topological polar surface area (TPSA) is 64.4 Å². The molecule has 0 radical (unpaired) electrons. The van der Waals surface area contributed by atoms with Crippen LogP contribution in [0.15, 0.2) is 36.2 Å². The molecule has 2 aliphatic heterocycles.